The first-order chi connectivity index (χ1) is 8.99. The molecule has 5 heteroatoms. The maximum atomic E-state index is 10.7. The molecule has 0 radical (unpaired) electrons. The largest absolute Gasteiger partial charge is 0.481 e. The summed E-state index contributed by atoms with van der Waals surface area (Å²) in [7, 11) is 4.07. The van der Waals surface area contributed by atoms with Gasteiger partial charge in [0, 0.05) is 19.3 Å². The molecule has 1 aromatic heterocycles. The molecule has 106 valence electrons. The number of rotatable bonds is 8. The van der Waals surface area contributed by atoms with Crippen molar-refractivity contribution in [1.29, 1.82) is 0 Å². The van der Waals surface area contributed by atoms with Gasteiger partial charge in [-0.15, -0.1) is 0 Å². The average Bonchev–Trinajstić information content (AvgIpc) is 2.32. The van der Waals surface area contributed by atoms with Gasteiger partial charge in [-0.25, -0.2) is 4.98 Å². The first kappa shape index (κ1) is 15.4. The highest BCUT2D eigenvalue weighted by Crippen LogP contribution is 2.13. The van der Waals surface area contributed by atoms with Crippen molar-refractivity contribution in [3.63, 3.8) is 0 Å². The average molecular weight is 265 g/mol. The maximum Gasteiger partial charge on any atom is 0.305 e. The van der Waals surface area contributed by atoms with Crippen LogP contribution in [0.4, 0.5) is 5.82 Å². The molecule has 0 saturated heterocycles. The minimum Gasteiger partial charge on any atom is -0.481 e. The van der Waals surface area contributed by atoms with E-state index in [9.17, 15) is 4.79 Å². The molecule has 0 aliphatic rings. The van der Waals surface area contributed by atoms with Gasteiger partial charge in [0.25, 0.3) is 0 Å². The van der Waals surface area contributed by atoms with Crippen molar-refractivity contribution in [3.8, 4) is 0 Å². The molecule has 0 atom stereocenters. The molecule has 0 amide bonds. The molecule has 1 heterocycles. The van der Waals surface area contributed by atoms with Crippen LogP contribution < -0.4 is 4.90 Å². The zero-order valence-corrected chi connectivity index (χ0v) is 12.0. The Balaban J connectivity index is 2.65. The second kappa shape index (κ2) is 7.74. The van der Waals surface area contributed by atoms with Crippen LogP contribution in [0.1, 0.15) is 18.4 Å². The van der Waals surface area contributed by atoms with E-state index >= 15 is 0 Å². The Labute approximate surface area is 114 Å². The van der Waals surface area contributed by atoms with Crippen LogP contribution in [0, 0.1) is 6.92 Å². The second-order valence-electron chi connectivity index (χ2n) is 4.98. The van der Waals surface area contributed by atoms with Gasteiger partial charge in [0.05, 0.1) is 6.42 Å². The fourth-order valence-corrected chi connectivity index (χ4v) is 1.84. The lowest BCUT2D eigenvalue weighted by Gasteiger charge is -2.24. The van der Waals surface area contributed by atoms with Gasteiger partial charge in [0.2, 0.25) is 0 Å². The summed E-state index contributed by atoms with van der Waals surface area (Å²) in [5.41, 5.74) is 1.14. The quantitative estimate of drug-likeness (QED) is 0.774. The molecule has 0 unspecified atom stereocenters. The van der Waals surface area contributed by atoms with Gasteiger partial charge in [0.15, 0.2) is 0 Å². The Morgan fingerprint density at radius 2 is 2.05 bits per heavy atom. The summed E-state index contributed by atoms with van der Waals surface area (Å²) < 4.78 is 0. The SMILES string of the molecule is Cc1ccnc(N(CCCN(C)C)CCC(=O)O)c1. The van der Waals surface area contributed by atoms with Crippen molar-refractivity contribution >= 4 is 11.8 Å². The van der Waals surface area contributed by atoms with Crippen molar-refractivity contribution in [1.82, 2.24) is 9.88 Å². The van der Waals surface area contributed by atoms with E-state index in [-0.39, 0.29) is 6.42 Å². The van der Waals surface area contributed by atoms with E-state index in [1.165, 1.54) is 0 Å². The molecule has 0 spiro atoms. The Kier molecular flexibility index (Phi) is 6.29. The van der Waals surface area contributed by atoms with E-state index in [0.29, 0.717) is 6.54 Å². The first-order valence-electron chi connectivity index (χ1n) is 6.53. The molecule has 0 saturated carbocycles. The van der Waals surface area contributed by atoms with Gasteiger partial charge in [-0.2, -0.15) is 0 Å². The predicted octanol–water partition coefficient (Wildman–Crippen LogP) is 1.62. The number of carbonyl (C=O) groups is 1. The number of anilines is 1. The number of pyridine rings is 1. The Hall–Kier alpha value is -1.62. The summed E-state index contributed by atoms with van der Waals surface area (Å²) >= 11 is 0. The summed E-state index contributed by atoms with van der Waals surface area (Å²) in [5.74, 6) is 0.0882. The van der Waals surface area contributed by atoms with Crippen LogP contribution >= 0.6 is 0 Å². The van der Waals surface area contributed by atoms with Crippen LogP contribution in [0.15, 0.2) is 18.3 Å². The molecular formula is C14H23N3O2. The molecule has 0 aliphatic heterocycles. The van der Waals surface area contributed by atoms with Crippen molar-refractivity contribution in [2.75, 3.05) is 38.6 Å². The number of hydrogen-bond donors (Lipinski definition) is 1. The third-order valence-electron chi connectivity index (χ3n) is 2.85. The number of nitrogens with zero attached hydrogens (tertiary/aromatic N) is 3. The van der Waals surface area contributed by atoms with Crippen molar-refractivity contribution in [2.45, 2.75) is 19.8 Å². The summed E-state index contributed by atoms with van der Waals surface area (Å²) in [5, 5.41) is 8.82. The zero-order chi connectivity index (χ0) is 14.3. The summed E-state index contributed by atoms with van der Waals surface area (Å²) in [6.45, 7) is 4.32. The van der Waals surface area contributed by atoms with E-state index in [1.807, 2.05) is 38.1 Å². The smallest absolute Gasteiger partial charge is 0.305 e. The minimum atomic E-state index is -0.773. The van der Waals surface area contributed by atoms with Crippen molar-refractivity contribution < 1.29 is 9.90 Å². The monoisotopic (exact) mass is 265 g/mol. The summed E-state index contributed by atoms with van der Waals surface area (Å²) in [4.78, 5) is 19.2. The minimum absolute atomic E-state index is 0.136. The number of carboxylic acids is 1. The highest BCUT2D eigenvalue weighted by atomic mass is 16.4. The molecule has 1 N–H and O–H groups in total. The molecule has 1 rings (SSSR count). The molecule has 0 bridgehead atoms. The molecular weight excluding hydrogens is 242 g/mol. The highest BCUT2D eigenvalue weighted by molar-refractivity contribution is 5.67. The van der Waals surface area contributed by atoms with E-state index in [1.54, 1.807) is 6.20 Å². The van der Waals surface area contributed by atoms with Gasteiger partial charge in [-0.1, -0.05) is 0 Å². The van der Waals surface area contributed by atoms with E-state index < -0.39 is 5.97 Å². The fraction of sp³-hybridized carbons (Fsp3) is 0.571. The molecule has 19 heavy (non-hydrogen) atoms. The van der Waals surface area contributed by atoms with Gasteiger partial charge < -0.3 is 14.9 Å². The van der Waals surface area contributed by atoms with E-state index in [4.69, 9.17) is 5.11 Å². The van der Waals surface area contributed by atoms with E-state index in [2.05, 4.69) is 9.88 Å². The molecule has 0 fully saturated rings. The highest BCUT2D eigenvalue weighted by Gasteiger charge is 2.10. The lowest BCUT2D eigenvalue weighted by molar-refractivity contribution is -0.136. The molecule has 1 aromatic rings. The standard InChI is InChI=1S/C14H23N3O2/c1-12-5-7-15-13(11-12)17(10-6-14(18)19)9-4-8-16(2)3/h5,7,11H,4,6,8-10H2,1-3H3,(H,18,19). The Morgan fingerprint density at radius 1 is 1.32 bits per heavy atom. The van der Waals surface area contributed by atoms with Gasteiger partial charge in [-0.3, -0.25) is 4.79 Å². The van der Waals surface area contributed by atoms with Crippen molar-refractivity contribution in [2.24, 2.45) is 0 Å². The van der Waals surface area contributed by atoms with Crippen LogP contribution in [0.2, 0.25) is 0 Å². The number of hydrogen-bond acceptors (Lipinski definition) is 4. The number of aryl methyl sites for hydroxylation is 1. The number of aromatic nitrogens is 1. The van der Waals surface area contributed by atoms with Crippen molar-refractivity contribution in [3.05, 3.63) is 23.9 Å². The Morgan fingerprint density at radius 3 is 2.63 bits per heavy atom. The van der Waals surface area contributed by atoms with Crippen LogP contribution in [0.25, 0.3) is 0 Å². The topological polar surface area (TPSA) is 56.7 Å². The fourth-order valence-electron chi connectivity index (χ4n) is 1.84. The predicted molar refractivity (Wildman–Crippen MR) is 76.6 cm³/mol. The van der Waals surface area contributed by atoms with E-state index in [0.717, 1.165) is 30.9 Å². The van der Waals surface area contributed by atoms with Gasteiger partial charge in [0.1, 0.15) is 5.82 Å². The number of carboxylic acid groups (broad SMARTS) is 1. The lowest BCUT2D eigenvalue weighted by atomic mass is 10.2. The van der Waals surface area contributed by atoms with Crippen LogP contribution in [0.5, 0.6) is 0 Å². The maximum absolute atomic E-state index is 10.7. The normalized spacial score (nSPS) is 10.7. The third-order valence-corrected chi connectivity index (χ3v) is 2.85. The third kappa shape index (κ3) is 6.20. The zero-order valence-electron chi connectivity index (χ0n) is 12.0. The lowest BCUT2D eigenvalue weighted by Crippen LogP contribution is -2.30. The molecule has 5 nitrogen and oxygen atoms in total. The van der Waals surface area contributed by atoms with Crippen LogP contribution in [-0.2, 0) is 4.79 Å². The van der Waals surface area contributed by atoms with Gasteiger partial charge in [-0.05, 0) is 51.7 Å². The summed E-state index contributed by atoms with van der Waals surface area (Å²) in [6.07, 6.45) is 2.89. The molecule has 0 aliphatic carbocycles. The summed E-state index contributed by atoms with van der Waals surface area (Å²) in [6, 6.07) is 3.94. The van der Waals surface area contributed by atoms with Crippen LogP contribution in [-0.4, -0.2) is 54.7 Å². The second-order valence-corrected chi connectivity index (χ2v) is 4.98. The van der Waals surface area contributed by atoms with Gasteiger partial charge >= 0.3 is 5.97 Å². The van der Waals surface area contributed by atoms with Crippen LogP contribution in [0.3, 0.4) is 0 Å². The first-order valence-corrected chi connectivity index (χ1v) is 6.53. The number of aliphatic carboxylic acids is 1. The Bertz CT molecular complexity index is 407. The molecule has 0 aromatic carbocycles.